The number of anilines is 1. The molecule has 1 saturated heterocycles. The summed E-state index contributed by atoms with van der Waals surface area (Å²) in [5.74, 6) is -0.0145. The molecule has 1 aromatic rings. The van der Waals surface area contributed by atoms with Gasteiger partial charge in [-0.2, -0.15) is 0 Å². The monoisotopic (exact) mass is 261 g/mol. The Kier molecular flexibility index (Phi) is 4.10. The minimum Gasteiger partial charge on any atom is -0.369 e. The summed E-state index contributed by atoms with van der Waals surface area (Å²) in [6.45, 7) is 10.0. The summed E-state index contributed by atoms with van der Waals surface area (Å²) in [5.41, 5.74) is 1.71. The highest BCUT2D eigenvalue weighted by Gasteiger charge is 2.16. The zero-order valence-electron chi connectivity index (χ0n) is 12.0. The van der Waals surface area contributed by atoms with Crippen molar-refractivity contribution in [1.82, 2.24) is 10.6 Å². The predicted octanol–water partition coefficient (Wildman–Crippen LogP) is 1.62. The molecule has 2 N–H and O–H groups in total. The Morgan fingerprint density at radius 3 is 2.26 bits per heavy atom. The molecule has 19 heavy (non-hydrogen) atoms. The second-order valence-corrected chi connectivity index (χ2v) is 5.99. The maximum Gasteiger partial charge on any atom is 0.251 e. The first-order chi connectivity index (χ1) is 8.96. The molecule has 0 unspecified atom stereocenters. The molecule has 0 atom stereocenters. The molecule has 0 spiro atoms. The van der Waals surface area contributed by atoms with E-state index < -0.39 is 0 Å². The van der Waals surface area contributed by atoms with Crippen molar-refractivity contribution in [3.05, 3.63) is 29.8 Å². The fourth-order valence-corrected chi connectivity index (χ4v) is 2.16. The van der Waals surface area contributed by atoms with E-state index >= 15 is 0 Å². The molecule has 1 aromatic carbocycles. The molecule has 4 heteroatoms. The molecule has 4 nitrogen and oxygen atoms in total. The fourth-order valence-electron chi connectivity index (χ4n) is 2.16. The number of amides is 1. The van der Waals surface area contributed by atoms with Crippen LogP contribution >= 0.6 is 0 Å². The Balaban J connectivity index is 2.03. The van der Waals surface area contributed by atoms with Crippen LogP contribution < -0.4 is 15.5 Å². The Bertz CT molecular complexity index is 428. The van der Waals surface area contributed by atoms with E-state index in [0.29, 0.717) is 5.56 Å². The van der Waals surface area contributed by atoms with Gasteiger partial charge < -0.3 is 15.5 Å². The minimum absolute atomic E-state index is 0.0145. The van der Waals surface area contributed by atoms with Crippen molar-refractivity contribution >= 4 is 11.6 Å². The van der Waals surface area contributed by atoms with Gasteiger partial charge in [-0.15, -0.1) is 0 Å². The third-order valence-corrected chi connectivity index (χ3v) is 3.10. The van der Waals surface area contributed by atoms with Crippen LogP contribution in [0.4, 0.5) is 5.69 Å². The molecular weight excluding hydrogens is 238 g/mol. The van der Waals surface area contributed by atoms with E-state index in [1.54, 1.807) is 0 Å². The van der Waals surface area contributed by atoms with Crippen LogP contribution in [0.2, 0.25) is 0 Å². The number of nitrogens with one attached hydrogen (secondary N) is 2. The fraction of sp³-hybridized carbons (Fsp3) is 0.533. The summed E-state index contributed by atoms with van der Waals surface area (Å²) in [6, 6.07) is 7.86. The van der Waals surface area contributed by atoms with Crippen LogP contribution in [0.15, 0.2) is 24.3 Å². The van der Waals surface area contributed by atoms with Crippen LogP contribution in [-0.4, -0.2) is 37.6 Å². The average Bonchev–Trinajstić information content (AvgIpc) is 2.38. The van der Waals surface area contributed by atoms with Gasteiger partial charge in [0.15, 0.2) is 0 Å². The molecule has 2 rings (SSSR count). The second-order valence-electron chi connectivity index (χ2n) is 5.99. The van der Waals surface area contributed by atoms with Crippen molar-refractivity contribution in [3.63, 3.8) is 0 Å². The molecule has 1 fully saturated rings. The van der Waals surface area contributed by atoms with Gasteiger partial charge in [0.2, 0.25) is 0 Å². The van der Waals surface area contributed by atoms with Gasteiger partial charge >= 0.3 is 0 Å². The quantitative estimate of drug-likeness (QED) is 0.850. The van der Waals surface area contributed by atoms with E-state index in [0.717, 1.165) is 26.2 Å². The zero-order chi connectivity index (χ0) is 13.9. The van der Waals surface area contributed by atoms with Crippen molar-refractivity contribution in [2.75, 3.05) is 31.1 Å². The van der Waals surface area contributed by atoms with Gasteiger partial charge in [0, 0.05) is 43.0 Å². The highest BCUT2D eigenvalue weighted by molar-refractivity contribution is 5.94. The summed E-state index contributed by atoms with van der Waals surface area (Å²) in [6.07, 6.45) is 0. The summed E-state index contributed by atoms with van der Waals surface area (Å²) in [5, 5.41) is 6.31. The Labute approximate surface area is 115 Å². The van der Waals surface area contributed by atoms with Gasteiger partial charge in [0.1, 0.15) is 0 Å². The highest BCUT2D eigenvalue weighted by Crippen LogP contribution is 2.16. The van der Waals surface area contributed by atoms with Crippen molar-refractivity contribution < 1.29 is 4.79 Å². The van der Waals surface area contributed by atoms with Crippen LogP contribution in [0, 0.1) is 0 Å². The number of hydrogen-bond acceptors (Lipinski definition) is 3. The zero-order valence-corrected chi connectivity index (χ0v) is 12.0. The van der Waals surface area contributed by atoms with Crippen molar-refractivity contribution in [1.29, 1.82) is 0 Å². The third kappa shape index (κ3) is 3.96. The van der Waals surface area contributed by atoms with Crippen LogP contribution in [-0.2, 0) is 0 Å². The van der Waals surface area contributed by atoms with Crippen LogP contribution in [0.3, 0.4) is 0 Å². The topological polar surface area (TPSA) is 44.4 Å². The number of rotatable bonds is 2. The highest BCUT2D eigenvalue weighted by atomic mass is 16.1. The normalized spacial score (nSPS) is 16.3. The minimum atomic E-state index is -0.200. The van der Waals surface area contributed by atoms with Crippen molar-refractivity contribution in [2.24, 2.45) is 0 Å². The molecule has 1 heterocycles. The van der Waals surface area contributed by atoms with Gasteiger partial charge in [-0.3, -0.25) is 4.79 Å². The van der Waals surface area contributed by atoms with Crippen LogP contribution in [0.5, 0.6) is 0 Å². The van der Waals surface area contributed by atoms with E-state index in [9.17, 15) is 4.79 Å². The number of nitrogens with zero attached hydrogens (tertiary/aromatic N) is 1. The lowest BCUT2D eigenvalue weighted by Crippen LogP contribution is -2.43. The van der Waals surface area contributed by atoms with Crippen molar-refractivity contribution in [3.8, 4) is 0 Å². The van der Waals surface area contributed by atoms with Gasteiger partial charge in [-0.25, -0.2) is 0 Å². The predicted molar refractivity (Wildman–Crippen MR) is 78.7 cm³/mol. The maximum atomic E-state index is 12.0. The molecule has 0 bridgehead atoms. The standard InChI is InChI=1S/C15H23N3O/c1-15(2,3)17-14(19)12-4-6-13(7-5-12)18-10-8-16-9-11-18/h4-7,16H,8-11H2,1-3H3,(H,17,19). The molecular formula is C15H23N3O. The number of benzene rings is 1. The molecule has 0 saturated carbocycles. The Hall–Kier alpha value is -1.55. The Morgan fingerprint density at radius 1 is 1.16 bits per heavy atom. The summed E-state index contributed by atoms with van der Waals surface area (Å²) < 4.78 is 0. The first-order valence-electron chi connectivity index (χ1n) is 6.84. The molecule has 0 aromatic heterocycles. The van der Waals surface area contributed by atoms with Crippen LogP contribution in [0.1, 0.15) is 31.1 Å². The van der Waals surface area contributed by atoms with E-state index in [1.807, 2.05) is 45.0 Å². The third-order valence-electron chi connectivity index (χ3n) is 3.10. The van der Waals surface area contributed by atoms with E-state index in [-0.39, 0.29) is 11.4 Å². The first kappa shape index (κ1) is 13.9. The molecule has 1 amide bonds. The van der Waals surface area contributed by atoms with Crippen LogP contribution in [0.25, 0.3) is 0 Å². The lowest BCUT2D eigenvalue weighted by Gasteiger charge is -2.29. The average molecular weight is 261 g/mol. The smallest absolute Gasteiger partial charge is 0.251 e. The molecule has 1 aliphatic rings. The number of piperazine rings is 1. The number of hydrogen-bond donors (Lipinski definition) is 2. The second kappa shape index (κ2) is 5.61. The molecule has 0 aliphatic carbocycles. The van der Waals surface area contributed by atoms with Gasteiger partial charge in [-0.05, 0) is 45.0 Å². The number of carbonyl (C=O) groups excluding carboxylic acids is 1. The maximum absolute atomic E-state index is 12.0. The Morgan fingerprint density at radius 2 is 1.74 bits per heavy atom. The van der Waals surface area contributed by atoms with E-state index in [4.69, 9.17) is 0 Å². The number of carbonyl (C=O) groups is 1. The molecule has 104 valence electrons. The first-order valence-corrected chi connectivity index (χ1v) is 6.84. The lowest BCUT2D eigenvalue weighted by atomic mass is 10.1. The molecule has 0 radical (unpaired) electrons. The van der Waals surface area contributed by atoms with Crippen molar-refractivity contribution in [2.45, 2.75) is 26.3 Å². The summed E-state index contributed by atoms with van der Waals surface area (Å²) >= 11 is 0. The summed E-state index contributed by atoms with van der Waals surface area (Å²) in [7, 11) is 0. The SMILES string of the molecule is CC(C)(C)NC(=O)c1ccc(N2CCNCC2)cc1. The van der Waals surface area contributed by atoms with Gasteiger partial charge in [0.05, 0.1) is 0 Å². The van der Waals surface area contributed by atoms with Gasteiger partial charge in [0.25, 0.3) is 5.91 Å². The largest absolute Gasteiger partial charge is 0.369 e. The molecule has 1 aliphatic heterocycles. The van der Waals surface area contributed by atoms with E-state index in [1.165, 1.54) is 5.69 Å². The lowest BCUT2D eigenvalue weighted by molar-refractivity contribution is 0.0919. The van der Waals surface area contributed by atoms with E-state index in [2.05, 4.69) is 15.5 Å². The summed E-state index contributed by atoms with van der Waals surface area (Å²) in [4.78, 5) is 14.3. The van der Waals surface area contributed by atoms with Gasteiger partial charge in [-0.1, -0.05) is 0 Å².